The first-order valence-corrected chi connectivity index (χ1v) is 7.47. The van der Waals surface area contributed by atoms with E-state index in [1.807, 2.05) is 37.3 Å². The van der Waals surface area contributed by atoms with E-state index in [9.17, 15) is 9.59 Å². The number of nitrogens with one attached hydrogen (secondary N) is 1. The Bertz CT molecular complexity index is 476. The Hall–Kier alpha value is -2.04. The van der Waals surface area contributed by atoms with Gasteiger partial charge in [0.2, 0.25) is 5.91 Å². The molecule has 21 heavy (non-hydrogen) atoms. The van der Waals surface area contributed by atoms with Gasteiger partial charge in [-0.3, -0.25) is 9.69 Å². The van der Waals surface area contributed by atoms with Gasteiger partial charge in [-0.1, -0.05) is 37.3 Å². The van der Waals surface area contributed by atoms with E-state index in [0.29, 0.717) is 19.5 Å². The molecule has 0 radical (unpaired) electrons. The van der Waals surface area contributed by atoms with Gasteiger partial charge in [-0.2, -0.15) is 0 Å². The second-order valence-electron chi connectivity index (χ2n) is 5.18. The fourth-order valence-corrected chi connectivity index (χ4v) is 2.47. The van der Waals surface area contributed by atoms with Crippen molar-refractivity contribution in [1.29, 1.82) is 0 Å². The van der Waals surface area contributed by atoms with E-state index >= 15 is 0 Å². The van der Waals surface area contributed by atoms with Crippen LogP contribution >= 0.6 is 0 Å². The molecule has 5 nitrogen and oxygen atoms in total. The van der Waals surface area contributed by atoms with Crippen LogP contribution in [0.25, 0.3) is 0 Å². The second-order valence-corrected chi connectivity index (χ2v) is 5.18. The fraction of sp³-hybridized carbons (Fsp3) is 0.500. The zero-order valence-electron chi connectivity index (χ0n) is 12.4. The molecule has 0 spiro atoms. The minimum Gasteiger partial charge on any atom is -0.445 e. The predicted molar refractivity (Wildman–Crippen MR) is 79.7 cm³/mol. The minimum atomic E-state index is -0.414. The SMILES string of the molecule is CCCN(C(=O)OCc1ccccc1)[C@H]1CCCNC1=O. The summed E-state index contributed by atoms with van der Waals surface area (Å²) < 4.78 is 5.35. The maximum absolute atomic E-state index is 12.3. The van der Waals surface area contributed by atoms with Crippen molar-refractivity contribution in [3.8, 4) is 0 Å². The monoisotopic (exact) mass is 290 g/mol. The van der Waals surface area contributed by atoms with Gasteiger partial charge in [0.1, 0.15) is 12.6 Å². The van der Waals surface area contributed by atoms with Crippen molar-refractivity contribution >= 4 is 12.0 Å². The van der Waals surface area contributed by atoms with Crippen LogP contribution < -0.4 is 5.32 Å². The van der Waals surface area contributed by atoms with Gasteiger partial charge in [-0.25, -0.2) is 4.79 Å². The van der Waals surface area contributed by atoms with Crippen LogP contribution in [-0.2, 0) is 16.1 Å². The molecule has 1 N–H and O–H groups in total. The number of piperidine rings is 1. The zero-order valence-corrected chi connectivity index (χ0v) is 12.4. The maximum atomic E-state index is 12.3. The van der Waals surface area contributed by atoms with Crippen LogP contribution in [0, 0.1) is 0 Å². The summed E-state index contributed by atoms with van der Waals surface area (Å²) in [6, 6.07) is 9.14. The van der Waals surface area contributed by atoms with Gasteiger partial charge in [-0.05, 0) is 24.8 Å². The van der Waals surface area contributed by atoms with Crippen molar-refractivity contribution in [3.05, 3.63) is 35.9 Å². The van der Waals surface area contributed by atoms with Crippen molar-refractivity contribution in [2.24, 2.45) is 0 Å². The number of carbonyl (C=O) groups is 2. The van der Waals surface area contributed by atoms with E-state index in [2.05, 4.69) is 5.32 Å². The number of ether oxygens (including phenoxy) is 1. The van der Waals surface area contributed by atoms with Crippen LogP contribution in [0.5, 0.6) is 0 Å². The summed E-state index contributed by atoms with van der Waals surface area (Å²) in [5.74, 6) is -0.0774. The van der Waals surface area contributed by atoms with Crippen LogP contribution in [-0.4, -0.2) is 36.0 Å². The van der Waals surface area contributed by atoms with E-state index < -0.39 is 12.1 Å². The normalized spacial score (nSPS) is 18.0. The highest BCUT2D eigenvalue weighted by molar-refractivity contribution is 5.86. The molecule has 2 rings (SSSR count). The van der Waals surface area contributed by atoms with Gasteiger partial charge < -0.3 is 10.1 Å². The van der Waals surface area contributed by atoms with Gasteiger partial charge in [0.15, 0.2) is 0 Å². The van der Waals surface area contributed by atoms with Crippen LogP contribution in [0.3, 0.4) is 0 Å². The molecule has 1 fully saturated rings. The predicted octanol–water partition coefficient (Wildman–Crippen LogP) is 2.31. The molecule has 1 saturated heterocycles. The van der Waals surface area contributed by atoms with Crippen LogP contribution in [0.15, 0.2) is 30.3 Å². The van der Waals surface area contributed by atoms with Gasteiger partial charge in [0.25, 0.3) is 0 Å². The molecule has 1 atom stereocenters. The van der Waals surface area contributed by atoms with Crippen LogP contribution in [0.2, 0.25) is 0 Å². The average molecular weight is 290 g/mol. The third-order valence-corrected chi connectivity index (χ3v) is 3.54. The fourth-order valence-electron chi connectivity index (χ4n) is 2.47. The lowest BCUT2D eigenvalue weighted by Gasteiger charge is -2.32. The molecule has 2 amide bonds. The van der Waals surface area contributed by atoms with E-state index in [0.717, 1.165) is 18.4 Å². The first kappa shape index (κ1) is 15.4. The number of hydrogen-bond acceptors (Lipinski definition) is 3. The molecule has 0 saturated carbocycles. The Labute approximate surface area is 125 Å². The Balaban J connectivity index is 1.96. The Kier molecular flexibility index (Phi) is 5.60. The van der Waals surface area contributed by atoms with Crippen molar-refractivity contribution in [2.75, 3.05) is 13.1 Å². The summed E-state index contributed by atoms with van der Waals surface area (Å²) in [4.78, 5) is 25.8. The molecule has 1 aromatic rings. The quantitative estimate of drug-likeness (QED) is 0.905. The summed E-state index contributed by atoms with van der Waals surface area (Å²) in [7, 11) is 0. The van der Waals surface area contributed by atoms with Gasteiger partial charge >= 0.3 is 6.09 Å². The molecule has 0 bridgehead atoms. The molecule has 1 aromatic carbocycles. The summed E-state index contributed by atoms with van der Waals surface area (Å²) >= 11 is 0. The highest BCUT2D eigenvalue weighted by atomic mass is 16.6. The molecule has 114 valence electrons. The zero-order chi connectivity index (χ0) is 15.1. The van der Waals surface area contributed by atoms with Crippen molar-refractivity contribution in [1.82, 2.24) is 10.2 Å². The lowest BCUT2D eigenvalue weighted by molar-refractivity contribution is -0.127. The van der Waals surface area contributed by atoms with Crippen LogP contribution in [0.1, 0.15) is 31.7 Å². The standard InChI is InChI=1S/C16H22N2O3/c1-2-11-18(14-9-6-10-17-15(14)19)16(20)21-12-13-7-4-3-5-8-13/h3-5,7-8,14H,2,6,9-12H2,1H3,(H,17,19)/t14-/m0/s1. The lowest BCUT2D eigenvalue weighted by Crippen LogP contribution is -2.52. The summed E-state index contributed by atoms with van der Waals surface area (Å²) in [6.45, 7) is 3.44. The van der Waals surface area contributed by atoms with Crippen molar-refractivity contribution < 1.29 is 14.3 Å². The minimum absolute atomic E-state index is 0.0774. The molecule has 5 heteroatoms. The number of benzene rings is 1. The molecule has 1 heterocycles. The third-order valence-electron chi connectivity index (χ3n) is 3.54. The number of hydrogen-bond donors (Lipinski definition) is 1. The van der Waals surface area contributed by atoms with E-state index in [1.165, 1.54) is 0 Å². The summed E-state index contributed by atoms with van der Waals surface area (Å²) in [5.41, 5.74) is 0.940. The lowest BCUT2D eigenvalue weighted by atomic mass is 10.1. The molecule has 0 unspecified atom stereocenters. The highest BCUT2D eigenvalue weighted by Crippen LogP contribution is 2.14. The number of nitrogens with zero attached hydrogens (tertiary/aromatic N) is 1. The molecule has 0 aromatic heterocycles. The van der Waals surface area contributed by atoms with Gasteiger partial charge in [0.05, 0.1) is 0 Å². The molecular formula is C16H22N2O3. The number of amides is 2. The molecule has 0 aliphatic carbocycles. The first-order valence-electron chi connectivity index (χ1n) is 7.47. The Morgan fingerprint density at radius 2 is 2.14 bits per heavy atom. The Morgan fingerprint density at radius 1 is 1.38 bits per heavy atom. The first-order chi connectivity index (χ1) is 10.2. The number of carbonyl (C=O) groups excluding carboxylic acids is 2. The molecule has 1 aliphatic heterocycles. The van der Waals surface area contributed by atoms with Crippen LogP contribution in [0.4, 0.5) is 4.79 Å². The third kappa shape index (κ3) is 4.21. The number of rotatable bonds is 5. The van der Waals surface area contributed by atoms with Crippen molar-refractivity contribution in [3.63, 3.8) is 0 Å². The van der Waals surface area contributed by atoms with Crippen molar-refractivity contribution in [2.45, 2.75) is 38.8 Å². The smallest absolute Gasteiger partial charge is 0.410 e. The van der Waals surface area contributed by atoms with Gasteiger partial charge in [0, 0.05) is 13.1 Å². The maximum Gasteiger partial charge on any atom is 0.410 e. The Morgan fingerprint density at radius 3 is 2.81 bits per heavy atom. The second kappa shape index (κ2) is 7.67. The average Bonchev–Trinajstić information content (AvgIpc) is 2.52. The van der Waals surface area contributed by atoms with E-state index in [4.69, 9.17) is 4.74 Å². The molecule has 1 aliphatic rings. The topological polar surface area (TPSA) is 58.6 Å². The largest absolute Gasteiger partial charge is 0.445 e. The molecular weight excluding hydrogens is 268 g/mol. The summed E-state index contributed by atoms with van der Waals surface area (Å²) in [5, 5.41) is 2.81. The van der Waals surface area contributed by atoms with E-state index in [-0.39, 0.29) is 12.5 Å². The van der Waals surface area contributed by atoms with E-state index in [1.54, 1.807) is 4.90 Å². The summed E-state index contributed by atoms with van der Waals surface area (Å²) in [6.07, 6.45) is 1.97. The van der Waals surface area contributed by atoms with Gasteiger partial charge in [-0.15, -0.1) is 0 Å². The highest BCUT2D eigenvalue weighted by Gasteiger charge is 2.31.